The van der Waals surface area contributed by atoms with Crippen LogP contribution in [0.1, 0.15) is 34.8 Å². The lowest BCUT2D eigenvalue weighted by molar-refractivity contribution is 0.0969. The van der Waals surface area contributed by atoms with E-state index >= 15 is 0 Å². The minimum atomic E-state index is -0.265. The maximum absolute atomic E-state index is 11.5. The van der Waals surface area contributed by atoms with Gasteiger partial charge in [0.25, 0.3) is 5.91 Å². The number of carbonyl (C=O) groups is 1. The average Bonchev–Trinajstić information content (AvgIpc) is 3.31. The smallest absolute Gasteiger partial charge is 0.295 e. The number of hydrogen-bond donors (Lipinski definition) is 5. The average molecular weight is 361 g/mol. The van der Waals surface area contributed by atoms with Gasteiger partial charge in [-0.25, -0.2) is 4.98 Å². The van der Waals surface area contributed by atoms with Crippen molar-refractivity contribution in [3.63, 3.8) is 0 Å². The van der Waals surface area contributed by atoms with Gasteiger partial charge in [0.2, 0.25) is 0 Å². The Balaban J connectivity index is 1.36. The molecular formula is C18H17N8O. The molecule has 3 heterocycles. The zero-order chi connectivity index (χ0) is 18.4. The van der Waals surface area contributed by atoms with Gasteiger partial charge in [0.15, 0.2) is 5.82 Å². The summed E-state index contributed by atoms with van der Waals surface area (Å²) in [6.07, 6.45) is 2.39. The van der Waals surface area contributed by atoms with E-state index in [1.54, 1.807) is 24.3 Å². The summed E-state index contributed by atoms with van der Waals surface area (Å²) in [4.78, 5) is 16.1. The molecule has 2 aromatic heterocycles. The number of nitrogens with one attached hydrogen (secondary N) is 4. The number of nitrogens with zero attached hydrogens (tertiary/aromatic N) is 3. The van der Waals surface area contributed by atoms with Crippen LogP contribution in [0.5, 0.6) is 0 Å². The second kappa shape index (κ2) is 5.90. The van der Waals surface area contributed by atoms with Crippen LogP contribution in [0.3, 0.4) is 0 Å². The van der Waals surface area contributed by atoms with Crippen molar-refractivity contribution in [2.45, 2.75) is 18.8 Å². The minimum absolute atomic E-state index is 0.265. The molecule has 9 heteroatoms. The summed E-state index contributed by atoms with van der Waals surface area (Å²) in [5.74, 6) is 2.22. The molecule has 2 aliphatic rings. The predicted octanol–water partition coefficient (Wildman–Crippen LogP) is 2.84. The SMILES string of the molecule is Nc1ccc(Nc2ccc3c(c2)N[N]C3=O)nc1Nc1cc(C2CC2)n[nH]1. The Morgan fingerprint density at radius 2 is 2.00 bits per heavy atom. The Kier molecular flexibility index (Phi) is 3.39. The summed E-state index contributed by atoms with van der Waals surface area (Å²) < 4.78 is 0. The second-order valence-electron chi connectivity index (χ2n) is 6.65. The normalized spacial score (nSPS) is 15.0. The van der Waals surface area contributed by atoms with Gasteiger partial charge in [0.1, 0.15) is 11.6 Å². The minimum Gasteiger partial charge on any atom is -0.396 e. The molecule has 9 nitrogen and oxygen atoms in total. The van der Waals surface area contributed by atoms with Crippen molar-refractivity contribution in [2.75, 3.05) is 21.8 Å². The molecule has 1 aromatic carbocycles. The number of aromatic amines is 1. The molecule has 3 aromatic rings. The highest BCUT2D eigenvalue weighted by molar-refractivity contribution is 6.04. The van der Waals surface area contributed by atoms with Crippen LogP contribution in [0, 0.1) is 0 Å². The van der Waals surface area contributed by atoms with E-state index in [-0.39, 0.29) is 5.91 Å². The summed E-state index contributed by atoms with van der Waals surface area (Å²) >= 11 is 0. The lowest BCUT2D eigenvalue weighted by Crippen LogP contribution is -2.10. The number of hydrogen-bond acceptors (Lipinski definition) is 7. The Hall–Kier alpha value is -3.75. The number of aromatic nitrogens is 3. The van der Waals surface area contributed by atoms with Gasteiger partial charge in [-0.2, -0.15) is 5.10 Å². The largest absolute Gasteiger partial charge is 0.396 e. The molecule has 27 heavy (non-hydrogen) atoms. The van der Waals surface area contributed by atoms with E-state index in [0.29, 0.717) is 34.5 Å². The van der Waals surface area contributed by atoms with E-state index in [9.17, 15) is 4.79 Å². The van der Waals surface area contributed by atoms with Crippen LogP contribution in [0.4, 0.5) is 34.5 Å². The van der Waals surface area contributed by atoms with Crippen LogP contribution in [0.2, 0.25) is 0 Å². The first-order valence-corrected chi connectivity index (χ1v) is 8.67. The van der Waals surface area contributed by atoms with Crippen molar-refractivity contribution in [3.8, 4) is 0 Å². The molecule has 1 amide bonds. The number of fused-ring (bicyclic) bond motifs is 1. The highest BCUT2D eigenvalue weighted by Gasteiger charge is 2.26. The first-order chi connectivity index (χ1) is 13.2. The van der Waals surface area contributed by atoms with E-state index in [4.69, 9.17) is 5.73 Å². The zero-order valence-electron chi connectivity index (χ0n) is 14.3. The van der Waals surface area contributed by atoms with Gasteiger partial charge in [-0.3, -0.25) is 15.3 Å². The number of nitrogen functional groups attached to an aromatic ring is 1. The molecule has 1 saturated carbocycles. The van der Waals surface area contributed by atoms with Gasteiger partial charge < -0.3 is 16.4 Å². The molecular weight excluding hydrogens is 344 g/mol. The number of H-pyrrole nitrogens is 1. The van der Waals surface area contributed by atoms with Crippen molar-refractivity contribution in [3.05, 3.63) is 47.7 Å². The zero-order valence-corrected chi connectivity index (χ0v) is 14.3. The van der Waals surface area contributed by atoms with Gasteiger partial charge in [-0.15, -0.1) is 5.43 Å². The molecule has 1 radical (unpaired) electrons. The number of benzene rings is 1. The molecule has 0 bridgehead atoms. The third kappa shape index (κ3) is 2.99. The molecule has 1 fully saturated rings. The van der Waals surface area contributed by atoms with E-state index in [1.165, 1.54) is 12.8 Å². The molecule has 1 aliphatic heterocycles. The van der Waals surface area contributed by atoms with Crippen LogP contribution in [-0.4, -0.2) is 21.1 Å². The summed E-state index contributed by atoms with van der Waals surface area (Å²) in [5.41, 5.74) is 16.0. The highest BCUT2D eigenvalue weighted by atomic mass is 16.2. The lowest BCUT2D eigenvalue weighted by atomic mass is 10.1. The molecule has 5 rings (SSSR count). The van der Waals surface area contributed by atoms with Crippen molar-refractivity contribution < 1.29 is 4.79 Å². The monoisotopic (exact) mass is 361 g/mol. The quantitative estimate of drug-likeness (QED) is 0.471. The molecule has 0 spiro atoms. The number of nitrogens with two attached hydrogens (primary N) is 1. The third-order valence-corrected chi connectivity index (χ3v) is 4.57. The van der Waals surface area contributed by atoms with Crippen LogP contribution < -0.4 is 27.2 Å². The highest BCUT2D eigenvalue weighted by Crippen LogP contribution is 2.39. The number of amides is 1. The van der Waals surface area contributed by atoms with Crippen LogP contribution in [0.25, 0.3) is 0 Å². The topological polar surface area (TPSA) is 135 Å². The van der Waals surface area contributed by atoms with Gasteiger partial charge in [0, 0.05) is 17.7 Å². The van der Waals surface area contributed by atoms with Crippen LogP contribution in [-0.2, 0) is 0 Å². The standard InChI is InChI=1S/C18H17N8O/c19-12-5-6-15(20-10-3-4-11-14(7-10)24-26-18(11)27)21-17(12)22-16-8-13(23-25-16)9-1-2-9/h3-9,24H,1-2,19H2,(H3,20,21,22,23,25). The van der Waals surface area contributed by atoms with Crippen molar-refractivity contribution >= 4 is 40.4 Å². The maximum atomic E-state index is 11.5. The number of anilines is 6. The van der Waals surface area contributed by atoms with Gasteiger partial charge in [-0.1, -0.05) is 0 Å². The van der Waals surface area contributed by atoms with Crippen LogP contribution >= 0.6 is 0 Å². The summed E-state index contributed by atoms with van der Waals surface area (Å²) in [6, 6.07) is 10.9. The predicted molar refractivity (Wildman–Crippen MR) is 102 cm³/mol. The van der Waals surface area contributed by atoms with Crippen LogP contribution in [0.15, 0.2) is 36.4 Å². The molecule has 1 aliphatic carbocycles. The van der Waals surface area contributed by atoms with E-state index < -0.39 is 0 Å². The van der Waals surface area contributed by atoms with Gasteiger partial charge >= 0.3 is 0 Å². The van der Waals surface area contributed by atoms with Gasteiger partial charge in [0.05, 0.1) is 22.6 Å². The van der Waals surface area contributed by atoms with Crippen molar-refractivity contribution in [2.24, 2.45) is 0 Å². The Morgan fingerprint density at radius 3 is 2.85 bits per heavy atom. The fourth-order valence-corrected chi connectivity index (χ4v) is 2.98. The van der Waals surface area contributed by atoms with Crippen molar-refractivity contribution in [1.29, 1.82) is 0 Å². The Morgan fingerprint density at radius 1 is 1.11 bits per heavy atom. The van der Waals surface area contributed by atoms with E-state index in [2.05, 4.69) is 36.7 Å². The fraction of sp³-hybridized carbons (Fsp3) is 0.167. The number of rotatable bonds is 5. The maximum Gasteiger partial charge on any atom is 0.295 e. The number of carbonyl (C=O) groups excluding carboxylic acids is 1. The Labute approximate surface area is 154 Å². The third-order valence-electron chi connectivity index (χ3n) is 4.57. The van der Waals surface area contributed by atoms with Crippen molar-refractivity contribution in [1.82, 2.24) is 20.6 Å². The Bertz CT molecular complexity index is 1040. The summed E-state index contributed by atoms with van der Waals surface area (Å²) in [5, 5.41) is 13.7. The molecule has 0 atom stereocenters. The van der Waals surface area contributed by atoms with E-state index in [1.807, 2.05) is 12.1 Å². The lowest BCUT2D eigenvalue weighted by Gasteiger charge is -2.11. The van der Waals surface area contributed by atoms with Gasteiger partial charge in [-0.05, 0) is 43.2 Å². The molecule has 0 unspecified atom stereocenters. The first-order valence-electron chi connectivity index (χ1n) is 8.67. The molecule has 0 saturated heterocycles. The summed E-state index contributed by atoms with van der Waals surface area (Å²) in [7, 11) is 0. The number of pyridine rings is 1. The first kappa shape index (κ1) is 15.5. The molecule has 135 valence electrons. The second-order valence-corrected chi connectivity index (χ2v) is 6.65. The van der Waals surface area contributed by atoms with E-state index in [0.717, 1.165) is 17.2 Å². The molecule has 6 N–H and O–H groups in total. The summed E-state index contributed by atoms with van der Waals surface area (Å²) in [6.45, 7) is 0. The fourth-order valence-electron chi connectivity index (χ4n) is 2.98.